The van der Waals surface area contributed by atoms with E-state index in [1.807, 2.05) is 0 Å². The number of ether oxygens (including phenoxy) is 4. The fraction of sp³-hybridized carbons (Fsp3) is 0.419. The van der Waals surface area contributed by atoms with Gasteiger partial charge in [0.2, 0.25) is 5.88 Å². The van der Waals surface area contributed by atoms with Crippen molar-refractivity contribution in [2.45, 2.75) is 66.1 Å². The van der Waals surface area contributed by atoms with Crippen LogP contribution in [0.4, 0.5) is 15.3 Å². The lowest BCUT2D eigenvalue weighted by atomic mass is 10.1. The number of aromatic amines is 1. The van der Waals surface area contributed by atoms with Gasteiger partial charge in [-0.3, -0.25) is 4.79 Å². The molecule has 45 heavy (non-hydrogen) atoms. The highest BCUT2D eigenvalue weighted by Crippen LogP contribution is 2.36. The standard InChI is InChI=1S/C31H38N6O8/c1-17-14-18(27(39)42-8)23(33-17)15-19-24-22(35-25(19)38)11-10-21(34-24)20-16-37(29(41)45-31(5,6)7)36-26(20)43-13-9-12-32-28(40)44-30(2,3)4/h10-11,14-16,33H,9,12-13H2,1-8H3,(H,32,40)(H,35,38)/b19-15-. The van der Waals surface area contributed by atoms with Crippen LogP contribution in [0.5, 0.6) is 5.88 Å². The van der Waals surface area contributed by atoms with Gasteiger partial charge in [-0.2, -0.15) is 4.68 Å². The van der Waals surface area contributed by atoms with Gasteiger partial charge in [0.25, 0.3) is 5.91 Å². The van der Waals surface area contributed by atoms with E-state index in [0.717, 1.165) is 4.68 Å². The van der Waals surface area contributed by atoms with Crippen LogP contribution in [-0.2, 0) is 19.0 Å². The average molecular weight is 623 g/mol. The summed E-state index contributed by atoms with van der Waals surface area (Å²) in [5, 5.41) is 9.75. The molecule has 0 bridgehead atoms. The van der Waals surface area contributed by atoms with Crippen molar-refractivity contribution in [3.05, 3.63) is 47.0 Å². The molecule has 3 aromatic rings. The average Bonchev–Trinajstić information content (AvgIpc) is 3.61. The van der Waals surface area contributed by atoms with Crippen LogP contribution >= 0.6 is 0 Å². The van der Waals surface area contributed by atoms with Gasteiger partial charge in [-0.25, -0.2) is 19.4 Å². The van der Waals surface area contributed by atoms with Crippen LogP contribution < -0.4 is 15.4 Å². The molecule has 1 aliphatic heterocycles. The minimum absolute atomic E-state index is 0.0985. The monoisotopic (exact) mass is 622 g/mol. The Bertz CT molecular complexity index is 1650. The minimum Gasteiger partial charge on any atom is -0.476 e. The first kappa shape index (κ1) is 32.8. The van der Waals surface area contributed by atoms with E-state index >= 15 is 0 Å². The lowest BCUT2D eigenvalue weighted by molar-refractivity contribution is -0.110. The van der Waals surface area contributed by atoms with Crippen molar-refractivity contribution < 1.29 is 38.1 Å². The molecule has 2 amide bonds. The molecule has 0 unspecified atom stereocenters. The van der Waals surface area contributed by atoms with Crippen molar-refractivity contribution in [2.75, 3.05) is 25.6 Å². The summed E-state index contributed by atoms with van der Waals surface area (Å²) in [5.74, 6) is -0.860. The zero-order valence-electron chi connectivity index (χ0n) is 26.6. The van der Waals surface area contributed by atoms with Gasteiger partial charge in [-0.05, 0) is 79.2 Å². The summed E-state index contributed by atoms with van der Waals surface area (Å²) in [5.41, 5.74) is 1.74. The van der Waals surface area contributed by atoms with Gasteiger partial charge in [-0.1, -0.05) is 0 Å². The van der Waals surface area contributed by atoms with Gasteiger partial charge in [0.15, 0.2) is 0 Å². The van der Waals surface area contributed by atoms with E-state index in [1.54, 1.807) is 66.7 Å². The molecule has 0 radical (unpaired) electrons. The van der Waals surface area contributed by atoms with Gasteiger partial charge in [0.1, 0.15) is 16.9 Å². The number of pyridine rings is 1. The molecule has 14 heteroatoms. The number of rotatable bonds is 8. The molecule has 0 aromatic carbocycles. The highest BCUT2D eigenvalue weighted by atomic mass is 16.6. The van der Waals surface area contributed by atoms with Crippen LogP contribution in [0, 0.1) is 6.92 Å². The van der Waals surface area contributed by atoms with Gasteiger partial charge in [0.05, 0.1) is 53.7 Å². The van der Waals surface area contributed by atoms with E-state index in [9.17, 15) is 19.2 Å². The molecule has 14 nitrogen and oxygen atoms in total. The molecule has 0 atom stereocenters. The van der Waals surface area contributed by atoms with Crippen LogP contribution in [0.25, 0.3) is 22.9 Å². The van der Waals surface area contributed by atoms with Crippen molar-refractivity contribution >= 4 is 41.4 Å². The van der Waals surface area contributed by atoms with Crippen LogP contribution in [-0.4, -0.2) is 75.3 Å². The Morgan fingerprint density at radius 3 is 2.44 bits per heavy atom. The lowest BCUT2D eigenvalue weighted by Gasteiger charge is -2.19. The number of esters is 1. The molecule has 0 spiro atoms. The van der Waals surface area contributed by atoms with E-state index in [4.69, 9.17) is 23.9 Å². The van der Waals surface area contributed by atoms with Crippen LogP contribution in [0.1, 0.15) is 75.4 Å². The topological polar surface area (TPSA) is 176 Å². The number of aromatic nitrogens is 4. The van der Waals surface area contributed by atoms with Gasteiger partial charge >= 0.3 is 18.2 Å². The van der Waals surface area contributed by atoms with E-state index in [1.165, 1.54) is 19.4 Å². The Kier molecular flexibility index (Phi) is 9.35. The molecule has 240 valence electrons. The second kappa shape index (κ2) is 12.8. The fourth-order valence-corrected chi connectivity index (χ4v) is 4.28. The minimum atomic E-state index is -0.770. The highest BCUT2D eigenvalue weighted by molar-refractivity contribution is 6.34. The number of nitrogens with zero attached hydrogens (tertiary/aromatic N) is 3. The van der Waals surface area contributed by atoms with E-state index < -0.39 is 35.3 Å². The van der Waals surface area contributed by atoms with E-state index in [-0.39, 0.29) is 30.2 Å². The molecular formula is C31H38N6O8. The maximum atomic E-state index is 13.0. The number of fused-ring (bicyclic) bond motifs is 1. The number of amides is 2. The summed E-state index contributed by atoms with van der Waals surface area (Å²) in [6.07, 6.45) is 2.13. The van der Waals surface area contributed by atoms with Crippen LogP contribution in [0.3, 0.4) is 0 Å². The number of carbonyl (C=O) groups excluding carboxylic acids is 4. The highest BCUT2D eigenvalue weighted by Gasteiger charge is 2.29. The first-order valence-corrected chi connectivity index (χ1v) is 14.3. The zero-order chi connectivity index (χ0) is 33.1. The number of methoxy groups -OCH3 is 1. The van der Waals surface area contributed by atoms with Gasteiger partial charge < -0.3 is 34.6 Å². The summed E-state index contributed by atoms with van der Waals surface area (Å²) in [7, 11) is 1.28. The van der Waals surface area contributed by atoms with Crippen molar-refractivity contribution in [2.24, 2.45) is 0 Å². The molecule has 3 aromatic heterocycles. The fourth-order valence-electron chi connectivity index (χ4n) is 4.28. The Hall–Kier alpha value is -5.14. The van der Waals surface area contributed by atoms with Crippen LogP contribution in [0.2, 0.25) is 0 Å². The molecule has 0 aliphatic carbocycles. The third-order valence-electron chi connectivity index (χ3n) is 6.09. The van der Waals surface area contributed by atoms with E-state index in [0.29, 0.717) is 40.4 Å². The predicted molar refractivity (Wildman–Crippen MR) is 165 cm³/mol. The largest absolute Gasteiger partial charge is 0.476 e. The van der Waals surface area contributed by atoms with Crippen LogP contribution in [0.15, 0.2) is 24.4 Å². The number of nitrogens with one attached hydrogen (secondary N) is 3. The predicted octanol–water partition coefficient (Wildman–Crippen LogP) is 4.94. The molecule has 0 saturated carbocycles. The van der Waals surface area contributed by atoms with Crippen molar-refractivity contribution in [3.63, 3.8) is 0 Å². The maximum Gasteiger partial charge on any atom is 0.435 e. The number of carbonyl (C=O) groups is 4. The normalized spacial score (nSPS) is 13.7. The Morgan fingerprint density at radius 2 is 1.78 bits per heavy atom. The van der Waals surface area contributed by atoms with Gasteiger partial charge in [-0.15, -0.1) is 5.10 Å². The second-order valence-corrected chi connectivity index (χ2v) is 12.3. The summed E-state index contributed by atoms with van der Waals surface area (Å²) < 4.78 is 22.5. The molecule has 0 fully saturated rings. The number of hydrogen-bond acceptors (Lipinski definition) is 10. The van der Waals surface area contributed by atoms with E-state index in [2.05, 4.69) is 20.7 Å². The quantitative estimate of drug-likeness (QED) is 0.135. The summed E-state index contributed by atoms with van der Waals surface area (Å²) in [6.45, 7) is 12.7. The Labute approximate surface area is 260 Å². The molecule has 3 N–H and O–H groups in total. The molecule has 4 rings (SSSR count). The molecule has 4 heterocycles. The third kappa shape index (κ3) is 8.28. The van der Waals surface area contributed by atoms with Crippen molar-refractivity contribution in [1.82, 2.24) is 25.1 Å². The first-order valence-electron chi connectivity index (χ1n) is 14.3. The summed E-state index contributed by atoms with van der Waals surface area (Å²) in [4.78, 5) is 57.9. The Morgan fingerprint density at radius 1 is 1.07 bits per heavy atom. The summed E-state index contributed by atoms with van der Waals surface area (Å²) >= 11 is 0. The first-order chi connectivity index (χ1) is 21.0. The number of H-pyrrole nitrogens is 1. The number of anilines is 1. The zero-order valence-corrected chi connectivity index (χ0v) is 26.6. The SMILES string of the molecule is COC(=O)c1cc(C)[nH]c1/C=C1\C(=O)Nc2ccc(-c3cn(C(=O)OC(C)(C)C)nc3OCCCNC(=O)OC(C)(C)C)nc21. The van der Waals surface area contributed by atoms with Crippen molar-refractivity contribution in [1.29, 1.82) is 0 Å². The smallest absolute Gasteiger partial charge is 0.435 e. The molecule has 1 aliphatic rings. The lowest BCUT2D eigenvalue weighted by Crippen LogP contribution is -2.33. The Balaban J connectivity index is 1.63. The number of aryl methyl sites for hydroxylation is 1. The van der Waals surface area contributed by atoms with Gasteiger partial charge in [0, 0.05) is 12.2 Å². The second-order valence-electron chi connectivity index (χ2n) is 12.3. The number of hydrogen-bond donors (Lipinski definition) is 3. The summed E-state index contributed by atoms with van der Waals surface area (Å²) in [6, 6.07) is 4.97. The number of alkyl carbamates (subject to hydrolysis) is 1. The third-order valence-corrected chi connectivity index (χ3v) is 6.09. The molecule has 0 saturated heterocycles. The maximum absolute atomic E-state index is 13.0. The molecular weight excluding hydrogens is 584 g/mol. The van der Waals surface area contributed by atoms with Crippen molar-refractivity contribution in [3.8, 4) is 17.1 Å².